The highest BCUT2D eigenvalue weighted by atomic mass is 16.1. The SMILES string of the molecule is C#CCN1CCC(C(=O)NC2CCN(c3ccccc3)CC2)CC1. The van der Waals surface area contributed by atoms with Crippen LogP contribution in [0.15, 0.2) is 30.3 Å². The molecule has 3 rings (SSSR count). The van der Waals surface area contributed by atoms with E-state index >= 15 is 0 Å². The number of anilines is 1. The monoisotopic (exact) mass is 325 g/mol. The first-order valence-corrected chi connectivity index (χ1v) is 9.02. The van der Waals surface area contributed by atoms with Gasteiger partial charge in [0.2, 0.25) is 5.91 Å². The zero-order valence-corrected chi connectivity index (χ0v) is 14.3. The lowest BCUT2D eigenvalue weighted by molar-refractivity contribution is -0.127. The van der Waals surface area contributed by atoms with E-state index in [9.17, 15) is 4.79 Å². The molecule has 0 aliphatic carbocycles. The fourth-order valence-corrected chi connectivity index (χ4v) is 3.72. The molecular weight excluding hydrogens is 298 g/mol. The Morgan fingerprint density at radius 1 is 1.08 bits per heavy atom. The fourth-order valence-electron chi connectivity index (χ4n) is 3.72. The molecule has 4 heteroatoms. The normalized spacial score (nSPS) is 20.5. The van der Waals surface area contributed by atoms with Gasteiger partial charge in [-0.15, -0.1) is 6.42 Å². The number of carbonyl (C=O) groups excluding carboxylic acids is 1. The zero-order valence-electron chi connectivity index (χ0n) is 14.3. The number of carbonyl (C=O) groups is 1. The van der Waals surface area contributed by atoms with Gasteiger partial charge in [-0.2, -0.15) is 0 Å². The van der Waals surface area contributed by atoms with Crippen molar-refractivity contribution < 1.29 is 4.79 Å². The summed E-state index contributed by atoms with van der Waals surface area (Å²) in [7, 11) is 0. The molecule has 0 saturated carbocycles. The molecule has 2 fully saturated rings. The van der Waals surface area contributed by atoms with Crippen molar-refractivity contribution in [2.45, 2.75) is 31.7 Å². The Bertz CT molecular complexity index is 564. The van der Waals surface area contributed by atoms with Crippen LogP contribution in [0.25, 0.3) is 0 Å². The summed E-state index contributed by atoms with van der Waals surface area (Å²) in [5.74, 6) is 3.09. The summed E-state index contributed by atoms with van der Waals surface area (Å²) in [5.41, 5.74) is 1.28. The van der Waals surface area contributed by atoms with Crippen LogP contribution in [0.1, 0.15) is 25.7 Å². The summed E-state index contributed by atoms with van der Waals surface area (Å²) in [4.78, 5) is 17.2. The van der Waals surface area contributed by atoms with Gasteiger partial charge in [0.05, 0.1) is 6.54 Å². The predicted octanol–water partition coefficient (Wildman–Crippen LogP) is 2.12. The molecule has 4 nitrogen and oxygen atoms in total. The summed E-state index contributed by atoms with van der Waals surface area (Å²) in [6.45, 7) is 4.60. The van der Waals surface area contributed by atoms with Crippen LogP contribution >= 0.6 is 0 Å². The topological polar surface area (TPSA) is 35.6 Å². The largest absolute Gasteiger partial charge is 0.371 e. The van der Waals surface area contributed by atoms with Crippen molar-refractivity contribution in [2.75, 3.05) is 37.6 Å². The maximum atomic E-state index is 12.5. The third-order valence-corrected chi connectivity index (χ3v) is 5.24. The Kier molecular flexibility index (Phi) is 5.77. The standard InChI is InChI=1S/C20H27N3O/c1-2-12-22-13-8-17(9-14-22)20(24)21-18-10-15-23(16-11-18)19-6-4-3-5-7-19/h1,3-7,17-18H,8-16H2,(H,21,24). The minimum atomic E-state index is 0.158. The molecule has 0 atom stereocenters. The van der Waals surface area contributed by atoms with Crippen molar-refractivity contribution in [2.24, 2.45) is 5.92 Å². The molecule has 0 bridgehead atoms. The van der Waals surface area contributed by atoms with E-state index in [0.717, 1.165) is 51.9 Å². The van der Waals surface area contributed by atoms with E-state index in [-0.39, 0.29) is 11.8 Å². The number of likely N-dealkylation sites (tertiary alicyclic amines) is 1. The van der Waals surface area contributed by atoms with E-state index in [1.165, 1.54) is 5.69 Å². The summed E-state index contributed by atoms with van der Waals surface area (Å²) in [5, 5.41) is 3.28. The Hall–Kier alpha value is -1.99. The lowest BCUT2D eigenvalue weighted by atomic mass is 9.94. The lowest BCUT2D eigenvalue weighted by Crippen LogP contribution is -2.48. The number of amides is 1. The molecule has 2 saturated heterocycles. The first-order valence-electron chi connectivity index (χ1n) is 9.02. The first kappa shape index (κ1) is 16.9. The summed E-state index contributed by atoms with van der Waals surface area (Å²) < 4.78 is 0. The number of benzene rings is 1. The van der Waals surface area contributed by atoms with Crippen molar-refractivity contribution in [3.05, 3.63) is 30.3 Å². The highest BCUT2D eigenvalue weighted by Gasteiger charge is 2.27. The lowest BCUT2D eigenvalue weighted by Gasteiger charge is -2.35. The Balaban J connectivity index is 1.42. The van der Waals surface area contributed by atoms with E-state index < -0.39 is 0 Å². The van der Waals surface area contributed by atoms with Crippen LogP contribution < -0.4 is 10.2 Å². The average Bonchev–Trinajstić information content (AvgIpc) is 2.64. The fraction of sp³-hybridized carbons (Fsp3) is 0.550. The molecule has 0 unspecified atom stereocenters. The Labute approximate surface area is 145 Å². The molecule has 24 heavy (non-hydrogen) atoms. The van der Waals surface area contributed by atoms with Crippen LogP contribution in [0.5, 0.6) is 0 Å². The number of nitrogens with one attached hydrogen (secondary N) is 1. The van der Waals surface area contributed by atoms with E-state index in [0.29, 0.717) is 12.6 Å². The molecule has 128 valence electrons. The van der Waals surface area contributed by atoms with E-state index in [4.69, 9.17) is 6.42 Å². The Morgan fingerprint density at radius 3 is 2.38 bits per heavy atom. The van der Waals surface area contributed by atoms with Crippen molar-refractivity contribution in [1.29, 1.82) is 0 Å². The number of para-hydroxylation sites is 1. The van der Waals surface area contributed by atoms with Gasteiger partial charge in [-0.25, -0.2) is 0 Å². The maximum Gasteiger partial charge on any atom is 0.223 e. The van der Waals surface area contributed by atoms with Gasteiger partial charge in [0.25, 0.3) is 0 Å². The minimum absolute atomic E-state index is 0.158. The second-order valence-corrected chi connectivity index (χ2v) is 6.86. The van der Waals surface area contributed by atoms with Crippen LogP contribution in [0, 0.1) is 18.3 Å². The van der Waals surface area contributed by atoms with Gasteiger partial charge in [-0.05, 0) is 50.9 Å². The van der Waals surface area contributed by atoms with Crippen LogP contribution in [0.4, 0.5) is 5.69 Å². The van der Waals surface area contributed by atoms with Crippen molar-refractivity contribution in [3.8, 4) is 12.3 Å². The number of piperidine rings is 2. The second-order valence-electron chi connectivity index (χ2n) is 6.86. The number of hydrogen-bond acceptors (Lipinski definition) is 3. The molecule has 1 amide bonds. The van der Waals surface area contributed by atoms with Gasteiger partial charge < -0.3 is 10.2 Å². The van der Waals surface area contributed by atoms with Crippen molar-refractivity contribution in [3.63, 3.8) is 0 Å². The molecule has 1 aromatic carbocycles. The Morgan fingerprint density at radius 2 is 1.75 bits per heavy atom. The third kappa shape index (κ3) is 4.30. The van der Waals surface area contributed by atoms with Gasteiger partial charge in [0.1, 0.15) is 0 Å². The first-order chi connectivity index (χ1) is 11.8. The summed E-state index contributed by atoms with van der Waals surface area (Å²) >= 11 is 0. The number of hydrogen-bond donors (Lipinski definition) is 1. The zero-order chi connectivity index (χ0) is 16.8. The van der Waals surface area contributed by atoms with E-state index in [1.54, 1.807) is 0 Å². The smallest absolute Gasteiger partial charge is 0.223 e. The molecule has 1 aromatic rings. The molecular formula is C20H27N3O. The highest BCUT2D eigenvalue weighted by molar-refractivity contribution is 5.79. The molecule has 2 heterocycles. The van der Waals surface area contributed by atoms with Crippen molar-refractivity contribution in [1.82, 2.24) is 10.2 Å². The average molecular weight is 325 g/mol. The molecule has 2 aliphatic rings. The molecule has 0 radical (unpaired) electrons. The van der Waals surface area contributed by atoms with Crippen LogP contribution in [0.3, 0.4) is 0 Å². The van der Waals surface area contributed by atoms with Gasteiger partial charge in [-0.3, -0.25) is 9.69 Å². The quantitative estimate of drug-likeness (QED) is 0.862. The van der Waals surface area contributed by atoms with E-state index in [1.807, 2.05) is 6.07 Å². The van der Waals surface area contributed by atoms with Gasteiger partial charge in [-0.1, -0.05) is 24.1 Å². The van der Waals surface area contributed by atoms with Gasteiger partial charge in [0, 0.05) is 30.7 Å². The third-order valence-electron chi connectivity index (χ3n) is 5.24. The van der Waals surface area contributed by atoms with Crippen molar-refractivity contribution >= 4 is 11.6 Å². The highest BCUT2D eigenvalue weighted by Crippen LogP contribution is 2.21. The van der Waals surface area contributed by atoms with E-state index in [2.05, 4.69) is 45.3 Å². The summed E-state index contributed by atoms with van der Waals surface area (Å²) in [6, 6.07) is 10.8. The predicted molar refractivity (Wildman–Crippen MR) is 97.8 cm³/mol. The molecule has 0 spiro atoms. The van der Waals surface area contributed by atoms with Crippen LogP contribution in [-0.2, 0) is 4.79 Å². The van der Waals surface area contributed by atoms with Gasteiger partial charge >= 0.3 is 0 Å². The molecule has 1 N–H and O–H groups in total. The molecule has 0 aromatic heterocycles. The number of terminal acetylenes is 1. The number of rotatable bonds is 4. The van der Waals surface area contributed by atoms with Gasteiger partial charge in [0.15, 0.2) is 0 Å². The second kappa shape index (κ2) is 8.21. The maximum absolute atomic E-state index is 12.5. The van der Waals surface area contributed by atoms with Crippen LogP contribution in [-0.4, -0.2) is 49.6 Å². The summed E-state index contributed by atoms with van der Waals surface area (Å²) in [6.07, 6.45) is 9.26. The minimum Gasteiger partial charge on any atom is -0.371 e. The number of nitrogens with zero attached hydrogens (tertiary/aromatic N) is 2. The molecule has 2 aliphatic heterocycles. The van der Waals surface area contributed by atoms with Crippen LogP contribution in [0.2, 0.25) is 0 Å².